The van der Waals surface area contributed by atoms with Gasteiger partial charge in [0, 0.05) is 13.5 Å². The van der Waals surface area contributed by atoms with Crippen LogP contribution in [0.3, 0.4) is 0 Å². The van der Waals surface area contributed by atoms with Crippen LogP contribution in [0.2, 0.25) is 0 Å². The molecular formula is C8H15NO2. The summed E-state index contributed by atoms with van der Waals surface area (Å²) in [5.74, 6) is 0.00889. The van der Waals surface area contributed by atoms with E-state index >= 15 is 0 Å². The number of nitrogens with zero attached hydrogens (tertiary/aromatic N) is 1. The lowest BCUT2D eigenvalue weighted by atomic mass is 10.2. The Morgan fingerprint density at radius 3 is 2.64 bits per heavy atom. The molecule has 0 N–H and O–H groups in total. The molecule has 0 radical (unpaired) electrons. The molecule has 1 heterocycles. The number of likely N-dealkylation sites (tertiary alicyclic amines) is 1. The summed E-state index contributed by atoms with van der Waals surface area (Å²) in [5.41, 5.74) is 0. The van der Waals surface area contributed by atoms with Gasteiger partial charge in [-0.1, -0.05) is 7.43 Å². The van der Waals surface area contributed by atoms with E-state index in [0.717, 1.165) is 25.7 Å². The van der Waals surface area contributed by atoms with E-state index in [9.17, 15) is 9.59 Å². The zero-order chi connectivity index (χ0) is 7.56. The maximum Gasteiger partial charge on any atom is 0.220 e. The number of aldehydes is 1. The number of carbonyl (C=O) groups excluding carboxylic acids is 2. The van der Waals surface area contributed by atoms with Crippen LogP contribution in [0.15, 0.2) is 0 Å². The zero-order valence-electron chi connectivity index (χ0n) is 6.04. The smallest absolute Gasteiger partial charge is 0.220 e. The minimum Gasteiger partial charge on any atom is -0.333 e. The van der Waals surface area contributed by atoms with Crippen LogP contribution in [0.5, 0.6) is 0 Å². The van der Waals surface area contributed by atoms with Crippen molar-refractivity contribution < 1.29 is 9.59 Å². The van der Waals surface area contributed by atoms with Crippen molar-refractivity contribution in [3.63, 3.8) is 0 Å². The Kier molecular flexibility index (Phi) is 3.79. The Hall–Kier alpha value is -0.860. The van der Waals surface area contributed by atoms with Crippen molar-refractivity contribution in [2.75, 3.05) is 6.54 Å². The Balaban J connectivity index is 0.000001000. The SMILES string of the molecule is C.CC(=O)N1CCCC1C=O. The van der Waals surface area contributed by atoms with Crippen LogP contribution in [-0.4, -0.2) is 29.7 Å². The molecule has 11 heavy (non-hydrogen) atoms. The summed E-state index contributed by atoms with van der Waals surface area (Å²) < 4.78 is 0. The first-order valence-corrected chi connectivity index (χ1v) is 3.48. The molecule has 3 nitrogen and oxygen atoms in total. The Morgan fingerprint density at radius 1 is 1.64 bits per heavy atom. The molecule has 0 aromatic rings. The molecule has 0 bridgehead atoms. The largest absolute Gasteiger partial charge is 0.333 e. The molecule has 3 heteroatoms. The topological polar surface area (TPSA) is 37.4 Å². The quantitative estimate of drug-likeness (QED) is 0.529. The van der Waals surface area contributed by atoms with Crippen LogP contribution >= 0.6 is 0 Å². The first-order valence-electron chi connectivity index (χ1n) is 3.48. The van der Waals surface area contributed by atoms with Crippen LogP contribution < -0.4 is 0 Å². The third-order valence-electron chi connectivity index (χ3n) is 1.86. The van der Waals surface area contributed by atoms with E-state index in [1.807, 2.05) is 0 Å². The van der Waals surface area contributed by atoms with Crippen molar-refractivity contribution in [1.29, 1.82) is 0 Å². The number of rotatable bonds is 1. The third kappa shape index (κ3) is 2.03. The van der Waals surface area contributed by atoms with E-state index < -0.39 is 0 Å². The summed E-state index contributed by atoms with van der Waals surface area (Å²) in [7, 11) is 0. The first kappa shape index (κ1) is 10.1. The van der Waals surface area contributed by atoms with Crippen molar-refractivity contribution in [2.24, 2.45) is 0 Å². The predicted octanol–water partition coefficient (Wildman–Crippen LogP) is 0.832. The highest BCUT2D eigenvalue weighted by Crippen LogP contribution is 2.14. The molecule has 1 amide bonds. The summed E-state index contributed by atoms with van der Waals surface area (Å²) >= 11 is 0. The highest BCUT2D eigenvalue weighted by molar-refractivity contribution is 5.78. The summed E-state index contributed by atoms with van der Waals surface area (Å²) in [4.78, 5) is 22.7. The highest BCUT2D eigenvalue weighted by Gasteiger charge is 2.25. The average molecular weight is 157 g/mol. The molecule has 1 aliphatic heterocycles. The summed E-state index contributed by atoms with van der Waals surface area (Å²) in [6.45, 7) is 2.25. The second-order valence-electron chi connectivity index (χ2n) is 2.56. The van der Waals surface area contributed by atoms with E-state index in [1.165, 1.54) is 6.92 Å². The second kappa shape index (κ2) is 4.11. The molecule has 0 aromatic heterocycles. The molecule has 1 saturated heterocycles. The fourth-order valence-corrected chi connectivity index (χ4v) is 1.32. The molecule has 1 fully saturated rings. The molecule has 1 rings (SSSR count). The normalized spacial score (nSPS) is 22.6. The van der Waals surface area contributed by atoms with Crippen LogP contribution in [0.25, 0.3) is 0 Å². The van der Waals surface area contributed by atoms with Crippen LogP contribution in [0.4, 0.5) is 0 Å². The number of hydrogen-bond acceptors (Lipinski definition) is 2. The average Bonchev–Trinajstić information content (AvgIpc) is 2.33. The monoisotopic (exact) mass is 157 g/mol. The lowest BCUT2D eigenvalue weighted by molar-refractivity contribution is -0.132. The molecule has 0 spiro atoms. The molecule has 1 atom stereocenters. The molecule has 0 saturated carbocycles. The summed E-state index contributed by atoms with van der Waals surface area (Å²) in [5, 5.41) is 0. The molecule has 64 valence electrons. The number of carbonyl (C=O) groups is 2. The van der Waals surface area contributed by atoms with Gasteiger partial charge in [-0.05, 0) is 12.8 Å². The van der Waals surface area contributed by atoms with Crippen molar-refractivity contribution in [3.05, 3.63) is 0 Å². The van der Waals surface area contributed by atoms with E-state index in [-0.39, 0.29) is 19.4 Å². The van der Waals surface area contributed by atoms with Gasteiger partial charge in [-0.2, -0.15) is 0 Å². The van der Waals surface area contributed by atoms with Gasteiger partial charge in [-0.3, -0.25) is 4.79 Å². The predicted molar refractivity (Wildman–Crippen MR) is 43.2 cm³/mol. The Bertz CT molecular complexity index is 156. The van der Waals surface area contributed by atoms with Gasteiger partial charge >= 0.3 is 0 Å². The van der Waals surface area contributed by atoms with Crippen molar-refractivity contribution >= 4 is 12.2 Å². The van der Waals surface area contributed by atoms with E-state index in [0.29, 0.717) is 0 Å². The van der Waals surface area contributed by atoms with Crippen LogP contribution in [0.1, 0.15) is 27.2 Å². The fourth-order valence-electron chi connectivity index (χ4n) is 1.32. The maximum absolute atomic E-state index is 10.8. The lowest BCUT2D eigenvalue weighted by Crippen LogP contribution is -2.34. The fraction of sp³-hybridized carbons (Fsp3) is 0.750. The van der Waals surface area contributed by atoms with Crippen molar-refractivity contribution in [3.8, 4) is 0 Å². The highest BCUT2D eigenvalue weighted by atomic mass is 16.2. The van der Waals surface area contributed by atoms with Gasteiger partial charge in [-0.25, -0.2) is 0 Å². The van der Waals surface area contributed by atoms with Gasteiger partial charge in [0.1, 0.15) is 6.29 Å². The summed E-state index contributed by atoms with van der Waals surface area (Å²) in [6, 6.07) is -0.141. The van der Waals surface area contributed by atoms with Crippen molar-refractivity contribution in [2.45, 2.75) is 33.2 Å². The van der Waals surface area contributed by atoms with Gasteiger partial charge in [0.15, 0.2) is 0 Å². The van der Waals surface area contributed by atoms with E-state index in [2.05, 4.69) is 0 Å². The minimum atomic E-state index is -0.141. The number of hydrogen-bond donors (Lipinski definition) is 0. The van der Waals surface area contributed by atoms with Crippen molar-refractivity contribution in [1.82, 2.24) is 4.90 Å². The zero-order valence-corrected chi connectivity index (χ0v) is 6.04. The van der Waals surface area contributed by atoms with Gasteiger partial charge in [0.2, 0.25) is 5.91 Å². The molecular weight excluding hydrogens is 142 g/mol. The van der Waals surface area contributed by atoms with Crippen LogP contribution in [-0.2, 0) is 9.59 Å². The molecule has 1 aliphatic rings. The standard InChI is InChI=1S/C7H11NO2.CH4/c1-6(10)8-4-2-3-7(8)5-9;/h5,7H,2-4H2,1H3;1H4. The van der Waals surface area contributed by atoms with Gasteiger partial charge in [-0.15, -0.1) is 0 Å². The summed E-state index contributed by atoms with van der Waals surface area (Å²) in [6.07, 6.45) is 2.65. The van der Waals surface area contributed by atoms with Crippen LogP contribution in [0, 0.1) is 0 Å². The Morgan fingerprint density at radius 2 is 2.27 bits per heavy atom. The minimum absolute atomic E-state index is 0. The molecule has 0 aliphatic carbocycles. The Labute approximate surface area is 67.4 Å². The number of amides is 1. The second-order valence-corrected chi connectivity index (χ2v) is 2.56. The van der Waals surface area contributed by atoms with E-state index in [1.54, 1.807) is 4.90 Å². The molecule has 0 aromatic carbocycles. The van der Waals surface area contributed by atoms with E-state index in [4.69, 9.17) is 0 Å². The van der Waals surface area contributed by atoms with Gasteiger partial charge in [0.25, 0.3) is 0 Å². The van der Waals surface area contributed by atoms with Gasteiger partial charge in [0.05, 0.1) is 6.04 Å². The molecule has 1 unspecified atom stereocenters. The maximum atomic E-state index is 10.8. The van der Waals surface area contributed by atoms with Gasteiger partial charge < -0.3 is 9.69 Å². The lowest BCUT2D eigenvalue weighted by Gasteiger charge is -2.17. The first-order chi connectivity index (χ1) is 4.75. The third-order valence-corrected chi connectivity index (χ3v) is 1.86.